The molecule has 0 aromatic carbocycles. The lowest BCUT2D eigenvalue weighted by Crippen LogP contribution is -2.38. The zero-order chi connectivity index (χ0) is 15.1. The molecule has 2 amide bonds. The molecule has 0 atom stereocenters. The maximum absolute atomic E-state index is 12.1. The van der Waals surface area contributed by atoms with Crippen LogP contribution in [0.1, 0.15) is 30.4 Å². The molecule has 0 saturated heterocycles. The molecule has 1 aromatic rings. The van der Waals surface area contributed by atoms with E-state index in [1.165, 1.54) is 0 Å². The van der Waals surface area contributed by atoms with Crippen LogP contribution < -0.4 is 10.6 Å². The molecule has 0 fully saturated rings. The van der Waals surface area contributed by atoms with Crippen LogP contribution >= 0.6 is 15.9 Å². The number of methoxy groups -OCH3 is 1. The number of carbonyl (C=O) groups is 2. The third-order valence-corrected chi connectivity index (χ3v) is 3.08. The first kappa shape index (κ1) is 16.7. The Morgan fingerprint density at radius 2 is 2.10 bits per heavy atom. The van der Waals surface area contributed by atoms with Crippen LogP contribution in [0.5, 0.6) is 0 Å². The Labute approximate surface area is 127 Å². The smallest absolute Gasteiger partial charge is 0.268 e. The minimum Gasteiger partial charge on any atom is -0.383 e. The number of amides is 2. The number of aromatic nitrogens is 1. The number of halogens is 1. The van der Waals surface area contributed by atoms with Crippen molar-refractivity contribution in [1.29, 1.82) is 0 Å². The van der Waals surface area contributed by atoms with Crippen LogP contribution in [0, 0.1) is 0 Å². The number of ether oxygens (including phenoxy) is 1. The molecule has 1 heterocycles. The molecule has 2 N–H and O–H groups in total. The number of rotatable bonds is 7. The summed E-state index contributed by atoms with van der Waals surface area (Å²) in [5.74, 6) is -0.511. The monoisotopic (exact) mass is 345 g/mol. The van der Waals surface area contributed by atoms with Gasteiger partial charge >= 0.3 is 0 Å². The number of carbonyl (C=O) groups excluding carboxylic acids is 2. The van der Waals surface area contributed by atoms with Crippen LogP contribution in [-0.4, -0.2) is 43.2 Å². The largest absolute Gasteiger partial charge is 0.383 e. The molecule has 0 unspecified atom stereocenters. The number of hydrogen-bond acceptors (Lipinski definition) is 3. The minimum absolute atomic E-state index is 0.0521. The Bertz CT molecular complexity index is 471. The van der Waals surface area contributed by atoms with E-state index in [0.29, 0.717) is 18.8 Å². The van der Waals surface area contributed by atoms with Gasteiger partial charge in [0.15, 0.2) is 0 Å². The second-order valence-corrected chi connectivity index (χ2v) is 5.49. The summed E-state index contributed by atoms with van der Waals surface area (Å²) < 4.78 is 7.50. The van der Waals surface area contributed by atoms with Crippen molar-refractivity contribution >= 4 is 27.7 Å². The van der Waals surface area contributed by atoms with Gasteiger partial charge in [-0.25, -0.2) is 0 Å². The zero-order valence-electron chi connectivity index (χ0n) is 11.9. The molecule has 1 rings (SSSR count). The summed E-state index contributed by atoms with van der Waals surface area (Å²) in [6.07, 6.45) is 1.85. The summed E-state index contributed by atoms with van der Waals surface area (Å²) in [5, 5.41) is 5.24. The van der Waals surface area contributed by atoms with E-state index in [1.807, 2.05) is 24.6 Å². The molecule has 6 nitrogen and oxygen atoms in total. The maximum atomic E-state index is 12.1. The molecule has 0 bridgehead atoms. The molecule has 1 aromatic heterocycles. The van der Waals surface area contributed by atoms with Gasteiger partial charge in [0.2, 0.25) is 5.91 Å². The van der Waals surface area contributed by atoms with Crippen LogP contribution in [0.15, 0.2) is 16.7 Å². The van der Waals surface area contributed by atoms with E-state index in [1.54, 1.807) is 13.2 Å². The van der Waals surface area contributed by atoms with E-state index in [-0.39, 0.29) is 24.4 Å². The molecular formula is C13H20BrN3O3. The summed E-state index contributed by atoms with van der Waals surface area (Å²) in [5.41, 5.74) is 0.525. The summed E-state index contributed by atoms with van der Waals surface area (Å²) >= 11 is 3.35. The summed E-state index contributed by atoms with van der Waals surface area (Å²) in [7, 11) is 1.56. The van der Waals surface area contributed by atoms with Crippen molar-refractivity contribution in [3.8, 4) is 0 Å². The van der Waals surface area contributed by atoms with E-state index in [9.17, 15) is 9.59 Å². The van der Waals surface area contributed by atoms with Crippen LogP contribution in [0.25, 0.3) is 0 Å². The Kier molecular flexibility index (Phi) is 6.74. The Morgan fingerprint density at radius 3 is 2.70 bits per heavy atom. The molecule has 112 valence electrons. The van der Waals surface area contributed by atoms with Gasteiger partial charge < -0.3 is 19.9 Å². The van der Waals surface area contributed by atoms with E-state index in [0.717, 1.165) is 4.47 Å². The Balaban J connectivity index is 2.53. The highest BCUT2D eigenvalue weighted by atomic mass is 79.9. The summed E-state index contributed by atoms with van der Waals surface area (Å²) in [6, 6.07) is 1.90. The quantitative estimate of drug-likeness (QED) is 0.732. The molecule has 20 heavy (non-hydrogen) atoms. The van der Waals surface area contributed by atoms with Crippen molar-refractivity contribution in [2.24, 2.45) is 0 Å². The molecule has 0 aliphatic carbocycles. The van der Waals surface area contributed by atoms with Crippen LogP contribution in [0.4, 0.5) is 0 Å². The van der Waals surface area contributed by atoms with Crippen molar-refractivity contribution in [2.75, 3.05) is 26.8 Å². The van der Waals surface area contributed by atoms with Gasteiger partial charge in [-0.05, 0) is 35.8 Å². The molecule has 7 heteroatoms. The fraction of sp³-hybridized carbons (Fsp3) is 0.538. The fourth-order valence-corrected chi connectivity index (χ4v) is 2.10. The average molecular weight is 346 g/mol. The van der Waals surface area contributed by atoms with Crippen molar-refractivity contribution in [2.45, 2.75) is 19.9 Å². The minimum atomic E-state index is -0.272. The third-order valence-electron chi connectivity index (χ3n) is 2.64. The fourth-order valence-electron chi connectivity index (χ4n) is 1.66. The first-order valence-corrected chi connectivity index (χ1v) is 7.16. The normalized spacial score (nSPS) is 10.7. The second-order valence-electron chi connectivity index (χ2n) is 4.57. The lowest BCUT2D eigenvalue weighted by Gasteiger charge is -2.12. The molecular weight excluding hydrogens is 326 g/mol. The lowest BCUT2D eigenvalue weighted by molar-refractivity contribution is -0.120. The van der Waals surface area contributed by atoms with Crippen LogP contribution in [0.3, 0.4) is 0 Å². The first-order chi connectivity index (χ1) is 9.45. The topological polar surface area (TPSA) is 72.4 Å². The highest BCUT2D eigenvalue weighted by molar-refractivity contribution is 9.10. The maximum Gasteiger partial charge on any atom is 0.268 e. The standard InChI is InChI=1S/C13H20BrN3O3/c1-9(2)17-8-10(14)6-11(17)13(19)16-7-12(18)15-4-5-20-3/h6,8-9H,4-5,7H2,1-3H3,(H,15,18)(H,16,19). The number of hydrogen-bond donors (Lipinski definition) is 2. The zero-order valence-corrected chi connectivity index (χ0v) is 13.5. The molecule has 0 aliphatic rings. The number of nitrogens with one attached hydrogen (secondary N) is 2. The third kappa shape index (κ3) is 4.97. The summed E-state index contributed by atoms with van der Waals surface area (Å²) in [6.45, 7) is 4.80. The van der Waals surface area contributed by atoms with Crippen molar-refractivity contribution in [3.05, 3.63) is 22.4 Å². The average Bonchev–Trinajstić information content (AvgIpc) is 2.78. The lowest BCUT2D eigenvalue weighted by atomic mass is 10.3. The van der Waals surface area contributed by atoms with Gasteiger partial charge in [0.25, 0.3) is 5.91 Å². The highest BCUT2D eigenvalue weighted by Crippen LogP contribution is 2.19. The van der Waals surface area contributed by atoms with Crippen molar-refractivity contribution in [1.82, 2.24) is 15.2 Å². The second kappa shape index (κ2) is 8.06. The predicted octanol–water partition coefficient (Wildman–Crippen LogP) is 1.32. The SMILES string of the molecule is COCCNC(=O)CNC(=O)c1cc(Br)cn1C(C)C. The first-order valence-electron chi connectivity index (χ1n) is 6.37. The molecule has 0 aliphatic heterocycles. The van der Waals surface area contributed by atoms with Gasteiger partial charge in [0.1, 0.15) is 5.69 Å². The molecule has 0 radical (unpaired) electrons. The van der Waals surface area contributed by atoms with Crippen molar-refractivity contribution < 1.29 is 14.3 Å². The Hall–Kier alpha value is -1.34. The van der Waals surface area contributed by atoms with Gasteiger partial charge in [0, 0.05) is 30.4 Å². The van der Waals surface area contributed by atoms with Gasteiger partial charge in [0.05, 0.1) is 13.2 Å². The highest BCUT2D eigenvalue weighted by Gasteiger charge is 2.15. The van der Waals surface area contributed by atoms with Gasteiger partial charge in [-0.1, -0.05) is 0 Å². The molecule has 0 spiro atoms. The van der Waals surface area contributed by atoms with Gasteiger partial charge in [-0.15, -0.1) is 0 Å². The van der Waals surface area contributed by atoms with Crippen LogP contribution in [0.2, 0.25) is 0 Å². The molecule has 0 saturated carbocycles. The van der Waals surface area contributed by atoms with E-state index >= 15 is 0 Å². The van der Waals surface area contributed by atoms with Gasteiger partial charge in [-0.2, -0.15) is 0 Å². The predicted molar refractivity (Wildman–Crippen MR) is 79.7 cm³/mol. The Morgan fingerprint density at radius 1 is 1.40 bits per heavy atom. The van der Waals surface area contributed by atoms with E-state index in [4.69, 9.17) is 4.74 Å². The van der Waals surface area contributed by atoms with Crippen LogP contribution in [-0.2, 0) is 9.53 Å². The van der Waals surface area contributed by atoms with Crippen molar-refractivity contribution in [3.63, 3.8) is 0 Å². The van der Waals surface area contributed by atoms with E-state index in [2.05, 4.69) is 26.6 Å². The van der Waals surface area contributed by atoms with E-state index < -0.39 is 0 Å². The summed E-state index contributed by atoms with van der Waals surface area (Å²) in [4.78, 5) is 23.5. The number of nitrogens with zero attached hydrogens (tertiary/aromatic N) is 1. The van der Waals surface area contributed by atoms with Gasteiger partial charge in [-0.3, -0.25) is 9.59 Å².